The maximum atomic E-state index is 2.46. The molecule has 1 aliphatic rings. The zero-order chi connectivity index (χ0) is 10.1. The highest BCUT2D eigenvalue weighted by Gasteiger charge is 2.36. The molecule has 0 aromatic carbocycles. The number of hydrogen-bond acceptors (Lipinski definition) is 0. The molecule has 0 N–H and O–H groups in total. The van der Waals surface area contributed by atoms with E-state index in [4.69, 9.17) is 0 Å². The molecule has 0 aliphatic heterocycles. The van der Waals surface area contributed by atoms with Crippen molar-refractivity contribution in [3.8, 4) is 0 Å². The third kappa shape index (κ3) is 2.27. The van der Waals surface area contributed by atoms with E-state index < -0.39 is 0 Å². The van der Waals surface area contributed by atoms with Crippen LogP contribution in [-0.2, 0) is 0 Å². The summed E-state index contributed by atoms with van der Waals surface area (Å²) in [5, 5.41) is 0. The van der Waals surface area contributed by atoms with Crippen molar-refractivity contribution in [3.05, 3.63) is 0 Å². The van der Waals surface area contributed by atoms with Gasteiger partial charge >= 0.3 is 0 Å². The Hall–Kier alpha value is 0. The second kappa shape index (κ2) is 4.02. The largest absolute Gasteiger partial charge is 0.0649 e. The van der Waals surface area contributed by atoms with Crippen LogP contribution in [0.1, 0.15) is 60.3 Å². The molecule has 0 aromatic rings. The zero-order valence-corrected chi connectivity index (χ0v) is 10.1. The lowest BCUT2D eigenvalue weighted by atomic mass is 9.62. The number of hydrogen-bond donors (Lipinski definition) is 0. The third-order valence-electron chi connectivity index (χ3n) is 4.62. The van der Waals surface area contributed by atoms with Gasteiger partial charge in [-0.1, -0.05) is 53.9 Å². The standard InChI is InChI=1S/C13H26/c1-6-13(4,5)12-9-7-8-10(2)11(12)3/h10-12H,6-9H2,1-5H3. The van der Waals surface area contributed by atoms with Crippen molar-refractivity contribution in [3.63, 3.8) is 0 Å². The molecule has 0 bridgehead atoms. The predicted octanol–water partition coefficient (Wildman–Crippen LogP) is 4.49. The summed E-state index contributed by atoms with van der Waals surface area (Å²) >= 11 is 0. The van der Waals surface area contributed by atoms with Crippen molar-refractivity contribution in [2.75, 3.05) is 0 Å². The average Bonchev–Trinajstić information content (AvgIpc) is 2.09. The maximum Gasteiger partial charge on any atom is -0.0326 e. The first-order valence-corrected chi connectivity index (χ1v) is 5.99. The van der Waals surface area contributed by atoms with Gasteiger partial charge < -0.3 is 0 Å². The maximum absolute atomic E-state index is 2.46. The summed E-state index contributed by atoms with van der Waals surface area (Å²) in [6.45, 7) is 12.1. The van der Waals surface area contributed by atoms with E-state index in [-0.39, 0.29) is 0 Å². The Morgan fingerprint density at radius 3 is 2.31 bits per heavy atom. The van der Waals surface area contributed by atoms with Crippen molar-refractivity contribution in [1.82, 2.24) is 0 Å². The number of rotatable bonds is 2. The first-order valence-electron chi connectivity index (χ1n) is 5.99. The second-order valence-corrected chi connectivity index (χ2v) is 5.72. The van der Waals surface area contributed by atoms with Crippen LogP contribution >= 0.6 is 0 Å². The molecule has 0 radical (unpaired) electrons. The first kappa shape index (κ1) is 11.1. The van der Waals surface area contributed by atoms with E-state index in [2.05, 4.69) is 34.6 Å². The Labute approximate surface area is 84.1 Å². The molecule has 1 aliphatic carbocycles. The molecule has 13 heavy (non-hydrogen) atoms. The van der Waals surface area contributed by atoms with Crippen LogP contribution in [0.3, 0.4) is 0 Å². The van der Waals surface area contributed by atoms with E-state index in [9.17, 15) is 0 Å². The first-order chi connectivity index (χ1) is 5.99. The third-order valence-corrected chi connectivity index (χ3v) is 4.62. The monoisotopic (exact) mass is 182 g/mol. The minimum Gasteiger partial charge on any atom is -0.0649 e. The van der Waals surface area contributed by atoms with Gasteiger partial charge in [0.1, 0.15) is 0 Å². The lowest BCUT2D eigenvalue weighted by Gasteiger charge is -2.43. The van der Waals surface area contributed by atoms with Crippen LogP contribution in [0, 0.1) is 23.2 Å². The van der Waals surface area contributed by atoms with E-state index in [1.54, 1.807) is 0 Å². The Bertz CT molecular complexity index is 157. The van der Waals surface area contributed by atoms with Gasteiger partial charge in [-0.3, -0.25) is 0 Å². The zero-order valence-electron chi connectivity index (χ0n) is 10.1. The van der Waals surface area contributed by atoms with Crippen LogP contribution in [0.25, 0.3) is 0 Å². The van der Waals surface area contributed by atoms with Crippen LogP contribution in [0.2, 0.25) is 0 Å². The van der Waals surface area contributed by atoms with E-state index in [0.29, 0.717) is 5.41 Å². The van der Waals surface area contributed by atoms with E-state index >= 15 is 0 Å². The van der Waals surface area contributed by atoms with E-state index in [1.807, 2.05) is 0 Å². The molecule has 0 amide bonds. The SMILES string of the molecule is CCC(C)(C)C1CCCC(C)C1C. The van der Waals surface area contributed by atoms with Crippen molar-refractivity contribution in [2.24, 2.45) is 23.2 Å². The average molecular weight is 182 g/mol. The molecule has 0 nitrogen and oxygen atoms in total. The molecular formula is C13H26. The summed E-state index contributed by atoms with van der Waals surface area (Å²) in [6, 6.07) is 0. The van der Waals surface area contributed by atoms with Gasteiger partial charge in [0.2, 0.25) is 0 Å². The molecular weight excluding hydrogens is 156 g/mol. The normalized spacial score (nSPS) is 36.2. The molecule has 0 heterocycles. The van der Waals surface area contributed by atoms with Gasteiger partial charge in [0.05, 0.1) is 0 Å². The fourth-order valence-corrected chi connectivity index (χ4v) is 2.95. The van der Waals surface area contributed by atoms with Gasteiger partial charge in [0, 0.05) is 0 Å². The van der Waals surface area contributed by atoms with Crippen LogP contribution in [0.15, 0.2) is 0 Å². The minimum atomic E-state index is 0.564. The highest BCUT2D eigenvalue weighted by atomic mass is 14.4. The Morgan fingerprint density at radius 2 is 1.77 bits per heavy atom. The molecule has 0 heteroatoms. The molecule has 1 fully saturated rings. The molecule has 3 unspecified atom stereocenters. The van der Waals surface area contributed by atoms with Crippen molar-refractivity contribution in [2.45, 2.75) is 60.3 Å². The van der Waals surface area contributed by atoms with Gasteiger partial charge in [-0.05, 0) is 29.6 Å². The van der Waals surface area contributed by atoms with Gasteiger partial charge in [0.15, 0.2) is 0 Å². The fourth-order valence-electron chi connectivity index (χ4n) is 2.95. The van der Waals surface area contributed by atoms with Crippen LogP contribution < -0.4 is 0 Å². The van der Waals surface area contributed by atoms with E-state index in [0.717, 1.165) is 17.8 Å². The van der Waals surface area contributed by atoms with Crippen molar-refractivity contribution >= 4 is 0 Å². The molecule has 3 atom stereocenters. The molecule has 1 rings (SSSR count). The minimum absolute atomic E-state index is 0.564. The molecule has 0 aromatic heterocycles. The summed E-state index contributed by atoms with van der Waals surface area (Å²) in [4.78, 5) is 0. The quantitative estimate of drug-likeness (QED) is 0.590. The summed E-state index contributed by atoms with van der Waals surface area (Å²) in [7, 11) is 0. The molecule has 0 spiro atoms. The molecule has 0 saturated heterocycles. The smallest absolute Gasteiger partial charge is 0.0326 e. The van der Waals surface area contributed by atoms with Gasteiger partial charge in [-0.25, -0.2) is 0 Å². The van der Waals surface area contributed by atoms with Gasteiger partial charge in [-0.15, -0.1) is 0 Å². The summed E-state index contributed by atoms with van der Waals surface area (Å²) in [5.41, 5.74) is 0.564. The van der Waals surface area contributed by atoms with Crippen LogP contribution in [0.5, 0.6) is 0 Å². The van der Waals surface area contributed by atoms with Crippen LogP contribution in [-0.4, -0.2) is 0 Å². The lowest BCUT2D eigenvalue weighted by Crippen LogP contribution is -2.35. The van der Waals surface area contributed by atoms with Crippen molar-refractivity contribution < 1.29 is 0 Å². The summed E-state index contributed by atoms with van der Waals surface area (Å²) in [5.74, 6) is 2.84. The Morgan fingerprint density at radius 1 is 1.15 bits per heavy atom. The summed E-state index contributed by atoms with van der Waals surface area (Å²) in [6.07, 6.45) is 5.71. The van der Waals surface area contributed by atoms with Gasteiger partial charge in [0.25, 0.3) is 0 Å². The molecule has 78 valence electrons. The Kier molecular flexibility index (Phi) is 3.43. The van der Waals surface area contributed by atoms with Crippen molar-refractivity contribution in [1.29, 1.82) is 0 Å². The molecule has 1 saturated carbocycles. The van der Waals surface area contributed by atoms with E-state index in [1.165, 1.54) is 25.7 Å². The topological polar surface area (TPSA) is 0 Å². The predicted molar refractivity (Wildman–Crippen MR) is 59.7 cm³/mol. The van der Waals surface area contributed by atoms with Gasteiger partial charge in [-0.2, -0.15) is 0 Å². The van der Waals surface area contributed by atoms with Crippen LogP contribution in [0.4, 0.5) is 0 Å². The fraction of sp³-hybridized carbons (Fsp3) is 1.00. The lowest BCUT2D eigenvalue weighted by molar-refractivity contribution is 0.0641. The Balaban J connectivity index is 2.67. The highest BCUT2D eigenvalue weighted by molar-refractivity contribution is 4.86. The second-order valence-electron chi connectivity index (χ2n) is 5.72. The summed E-state index contributed by atoms with van der Waals surface area (Å²) < 4.78 is 0. The highest BCUT2D eigenvalue weighted by Crippen LogP contribution is 2.45.